The summed E-state index contributed by atoms with van der Waals surface area (Å²) in [5.41, 5.74) is 5.70. The first-order valence-corrected chi connectivity index (χ1v) is 11.5. The summed E-state index contributed by atoms with van der Waals surface area (Å²) < 4.78 is 5.29. The Kier molecular flexibility index (Phi) is 11.7. The highest BCUT2D eigenvalue weighted by atomic mass is 16.5. The van der Waals surface area contributed by atoms with Crippen molar-refractivity contribution in [3.63, 3.8) is 0 Å². The lowest BCUT2D eigenvalue weighted by atomic mass is 9.97. The van der Waals surface area contributed by atoms with Crippen molar-refractivity contribution >= 4 is 35.9 Å². The predicted octanol–water partition coefficient (Wildman–Crippen LogP) is 1.42. The molecule has 0 bridgehead atoms. The molecule has 1 aromatic rings. The number of nitrogens with two attached hydrogens (primary N) is 1. The van der Waals surface area contributed by atoms with Crippen molar-refractivity contribution in [3.05, 3.63) is 29.8 Å². The van der Waals surface area contributed by atoms with Gasteiger partial charge in [0.2, 0.25) is 18.2 Å². The Morgan fingerprint density at radius 2 is 1.69 bits per heavy atom. The first-order chi connectivity index (χ1) is 16.3. The average Bonchev–Trinajstić information content (AvgIpc) is 2.77. The summed E-state index contributed by atoms with van der Waals surface area (Å²) in [6, 6.07) is 4.36. The third kappa shape index (κ3) is 10.9. The van der Waals surface area contributed by atoms with Crippen LogP contribution in [-0.4, -0.2) is 48.9 Å². The van der Waals surface area contributed by atoms with Crippen molar-refractivity contribution in [2.75, 3.05) is 11.9 Å². The number of primary amides is 1. The molecule has 2 atom stereocenters. The van der Waals surface area contributed by atoms with Gasteiger partial charge >= 0.3 is 12.0 Å². The highest BCUT2D eigenvalue weighted by Gasteiger charge is 2.27. The van der Waals surface area contributed by atoms with Crippen molar-refractivity contribution in [1.29, 1.82) is 0 Å². The summed E-state index contributed by atoms with van der Waals surface area (Å²) in [5, 5.41) is 10.3. The number of anilines is 1. The van der Waals surface area contributed by atoms with E-state index in [0.29, 0.717) is 18.5 Å². The highest BCUT2D eigenvalue weighted by Crippen LogP contribution is 2.17. The lowest BCUT2D eigenvalue weighted by Crippen LogP contribution is -2.53. The Labute approximate surface area is 205 Å². The molecule has 35 heavy (non-hydrogen) atoms. The van der Waals surface area contributed by atoms with E-state index >= 15 is 0 Å². The second-order valence-electron chi connectivity index (χ2n) is 9.51. The average molecular weight is 492 g/mol. The number of ether oxygens (including phenoxy) is 1. The Morgan fingerprint density at radius 3 is 2.20 bits per heavy atom. The zero-order valence-electron chi connectivity index (χ0n) is 21.0. The number of hydrogen-bond donors (Lipinski definition) is 5. The number of esters is 1. The molecule has 0 spiro atoms. The number of amides is 5. The summed E-state index contributed by atoms with van der Waals surface area (Å²) in [6.45, 7) is 9.19. The van der Waals surface area contributed by atoms with Crippen LogP contribution in [0.25, 0.3) is 0 Å². The molecule has 194 valence electrons. The molecule has 11 heteroatoms. The Balaban J connectivity index is 2.84. The SMILES string of the molecule is CC(C)C(NC=O)C(=O)NC(CCCNC(N)=O)C(=O)Nc1ccc(COC(=O)C(C)(C)C)cc1. The van der Waals surface area contributed by atoms with E-state index in [2.05, 4.69) is 21.3 Å². The van der Waals surface area contributed by atoms with Gasteiger partial charge in [-0.05, 0) is 57.2 Å². The van der Waals surface area contributed by atoms with Gasteiger partial charge in [-0.2, -0.15) is 0 Å². The van der Waals surface area contributed by atoms with Crippen molar-refractivity contribution < 1.29 is 28.7 Å². The van der Waals surface area contributed by atoms with Gasteiger partial charge in [-0.15, -0.1) is 0 Å². The standard InChI is InChI=1S/C24H37N5O6/c1-15(2)19(27-14-30)21(32)29-18(7-6-12-26-23(25)34)20(31)28-17-10-8-16(9-11-17)13-35-22(33)24(3,4)5/h8-11,14-15,18-19H,6-7,12-13H2,1-5H3,(H,27,30)(H,28,31)(H,29,32)(H3,25,26,34). The number of benzene rings is 1. The molecular weight excluding hydrogens is 454 g/mol. The molecule has 0 radical (unpaired) electrons. The monoisotopic (exact) mass is 491 g/mol. The quantitative estimate of drug-likeness (QED) is 0.159. The van der Waals surface area contributed by atoms with E-state index in [1.165, 1.54) is 0 Å². The summed E-state index contributed by atoms with van der Waals surface area (Å²) >= 11 is 0. The van der Waals surface area contributed by atoms with E-state index in [1.54, 1.807) is 58.9 Å². The van der Waals surface area contributed by atoms with Gasteiger partial charge in [0.05, 0.1) is 5.41 Å². The second kappa shape index (κ2) is 13.9. The van der Waals surface area contributed by atoms with E-state index in [-0.39, 0.29) is 31.5 Å². The number of nitrogens with one attached hydrogen (secondary N) is 4. The predicted molar refractivity (Wildman–Crippen MR) is 131 cm³/mol. The molecule has 1 rings (SSSR count). The zero-order valence-corrected chi connectivity index (χ0v) is 21.0. The van der Waals surface area contributed by atoms with Gasteiger partial charge in [0.15, 0.2) is 0 Å². The highest BCUT2D eigenvalue weighted by molar-refractivity contribution is 5.98. The summed E-state index contributed by atoms with van der Waals surface area (Å²) in [5.74, 6) is -1.47. The minimum atomic E-state index is -0.917. The fraction of sp³-hybridized carbons (Fsp3) is 0.542. The smallest absolute Gasteiger partial charge is 0.312 e. The first kappa shape index (κ1) is 29.4. The van der Waals surface area contributed by atoms with Crippen molar-refractivity contribution in [2.24, 2.45) is 17.1 Å². The molecule has 11 nitrogen and oxygen atoms in total. The number of hydrogen-bond acceptors (Lipinski definition) is 6. The zero-order chi connectivity index (χ0) is 26.6. The maximum absolute atomic E-state index is 12.9. The van der Waals surface area contributed by atoms with Crippen LogP contribution in [-0.2, 0) is 30.5 Å². The number of carbonyl (C=O) groups excluding carboxylic acids is 5. The molecule has 0 fully saturated rings. The molecule has 2 unspecified atom stereocenters. The van der Waals surface area contributed by atoms with Gasteiger partial charge in [0.1, 0.15) is 18.7 Å². The largest absolute Gasteiger partial charge is 0.460 e. The van der Waals surface area contributed by atoms with Gasteiger partial charge in [0, 0.05) is 12.2 Å². The maximum atomic E-state index is 12.9. The molecular formula is C24H37N5O6. The van der Waals surface area contributed by atoms with E-state index in [0.717, 1.165) is 5.56 Å². The van der Waals surface area contributed by atoms with Crippen LogP contribution in [0.2, 0.25) is 0 Å². The number of urea groups is 1. The van der Waals surface area contributed by atoms with Crippen LogP contribution in [0.4, 0.5) is 10.5 Å². The van der Waals surface area contributed by atoms with E-state index in [1.807, 2.05) is 0 Å². The third-order valence-electron chi connectivity index (χ3n) is 5.00. The van der Waals surface area contributed by atoms with Crippen molar-refractivity contribution in [3.8, 4) is 0 Å². The van der Waals surface area contributed by atoms with Crippen LogP contribution >= 0.6 is 0 Å². The minimum Gasteiger partial charge on any atom is -0.460 e. The summed E-state index contributed by atoms with van der Waals surface area (Å²) in [7, 11) is 0. The van der Waals surface area contributed by atoms with Gasteiger partial charge in [-0.1, -0.05) is 26.0 Å². The Hall–Kier alpha value is -3.63. The fourth-order valence-corrected chi connectivity index (χ4v) is 2.97. The van der Waals surface area contributed by atoms with E-state index in [9.17, 15) is 24.0 Å². The molecule has 0 saturated heterocycles. The van der Waals surface area contributed by atoms with Gasteiger partial charge < -0.3 is 31.7 Å². The third-order valence-corrected chi connectivity index (χ3v) is 5.00. The van der Waals surface area contributed by atoms with Crippen LogP contribution in [0, 0.1) is 11.3 Å². The van der Waals surface area contributed by atoms with Gasteiger partial charge in [-0.25, -0.2) is 4.79 Å². The second-order valence-corrected chi connectivity index (χ2v) is 9.51. The maximum Gasteiger partial charge on any atom is 0.312 e. The lowest BCUT2D eigenvalue weighted by molar-refractivity contribution is -0.154. The summed E-state index contributed by atoms with van der Waals surface area (Å²) in [6.07, 6.45) is 1.05. The lowest BCUT2D eigenvalue weighted by Gasteiger charge is -2.24. The molecule has 0 aliphatic heterocycles. The Bertz CT molecular complexity index is 879. The van der Waals surface area contributed by atoms with E-state index in [4.69, 9.17) is 10.5 Å². The van der Waals surface area contributed by atoms with Crippen molar-refractivity contribution in [2.45, 2.75) is 66.2 Å². The van der Waals surface area contributed by atoms with Crippen LogP contribution in [0.3, 0.4) is 0 Å². The molecule has 0 heterocycles. The molecule has 0 saturated carbocycles. The normalized spacial score (nSPS) is 12.7. The number of rotatable bonds is 13. The van der Waals surface area contributed by atoms with Crippen LogP contribution in [0.15, 0.2) is 24.3 Å². The van der Waals surface area contributed by atoms with Crippen LogP contribution in [0.1, 0.15) is 53.0 Å². The number of carbonyl (C=O) groups is 5. The molecule has 0 aliphatic rings. The molecule has 0 aromatic heterocycles. The fourth-order valence-electron chi connectivity index (χ4n) is 2.97. The van der Waals surface area contributed by atoms with E-state index < -0.39 is 35.3 Å². The minimum absolute atomic E-state index is 0.107. The van der Waals surface area contributed by atoms with Crippen molar-refractivity contribution in [1.82, 2.24) is 16.0 Å². The van der Waals surface area contributed by atoms with Crippen LogP contribution < -0.4 is 27.0 Å². The topological polar surface area (TPSA) is 169 Å². The molecule has 5 amide bonds. The first-order valence-electron chi connectivity index (χ1n) is 11.5. The Morgan fingerprint density at radius 1 is 1.06 bits per heavy atom. The molecule has 1 aromatic carbocycles. The molecule has 6 N–H and O–H groups in total. The van der Waals surface area contributed by atoms with Crippen LogP contribution in [0.5, 0.6) is 0 Å². The molecule has 0 aliphatic carbocycles. The van der Waals surface area contributed by atoms with Gasteiger partial charge in [0.25, 0.3) is 0 Å². The summed E-state index contributed by atoms with van der Waals surface area (Å²) in [4.78, 5) is 59.3. The van der Waals surface area contributed by atoms with Gasteiger partial charge in [-0.3, -0.25) is 19.2 Å².